The van der Waals surface area contributed by atoms with Gasteiger partial charge >= 0.3 is 0 Å². The Kier molecular flexibility index (Phi) is 6.85. The van der Waals surface area contributed by atoms with Crippen molar-refractivity contribution in [2.75, 3.05) is 5.32 Å². The van der Waals surface area contributed by atoms with Crippen molar-refractivity contribution in [1.82, 2.24) is 0 Å². The van der Waals surface area contributed by atoms with Crippen molar-refractivity contribution in [3.05, 3.63) is 29.3 Å². The minimum absolute atomic E-state index is 0. The summed E-state index contributed by atoms with van der Waals surface area (Å²) in [6, 6.07) is 5.57. The van der Waals surface area contributed by atoms with E-state index in [-0.39, 0.29) is 18.3 Å². The topological polar surface area (TPSA) is 55.1 Å². The molecule has 0 aliphatic carbocycles. The third kappa shape index (κ3) is 4.75. The predicted molar refractivity (Wildman–Crippen MR) is 74.7 cm³/mol. The lowest BCUT2D eigenvalue weighted by Crippen LogP contribution is -2.35. The van der Waals surface area contributed by atoms with Gasteiger partial charge < -0.3 is 11.1 Å². The molecule has 0 spiro atoms. The van der Waals surface area contributed by atoms with Gasteiger partial charge in [0.05, 0.1) is 6.04 Å². The van der Waals surface area contributed by atoms with Gasteiger partial charge in [-0.25, -0.2) is 0 Å². The number of aryl methyl sites for hydroxylation is 2. The molecule has 3 nitrogen and oxygen atoms in total. The number of carbonyl (C=O) groups is 1. The average molecular weight is 257 g/mol. The van der Waals surface area contributed by atoms with Gasteiger partial charge in [0.15, 0.2) is 0 Å². The zero-order chi connectivity index (χ0) is 12.1. The van der Waals surface area contributed by atoms with E-state index in [1.807, 2.05) is 39.0 Å². The van der Waals surface area contributed by atoms with Crippen LogP contribution in [0.15, 0.2) is 18.2 Å². The number of halogens is 1. The molecule has 0 saturated carbocycles. The van der Waals surface area contributed by atoms with E-state index in [0.717, 1.165) is 29.7 Å². The maximum absolute atomic E-state index is 11.7. The fourth-order valence-electron chi connectivity index (χ4n) is 1.54. The van der Waals surface area contributed by atoms with Crippen LogP contribution in [0.4, 0.5) is 5.69 Å². The number of amides is 1. The van der Waals surface area contributed by atoms with Gasteiger partial charge in [-0.1, -0.05) is 25.5 Å². The number of hydrogen-bond acceptors (Lipinski definition) is 2. The summed E-state index contributed by atoms with van der Waals surface area (Å²) in [5.74, 6) is -0.101. The molecule has 0 heterocycles. The molecule has 0 bridgehead atoms. The number of nitrogens with one attached hydrogen (secondary N) is 1. The van der Waals surface area contributed by atoms with Crippen LogP contribution in [0.1, 0.15) is 30.9 Å². The van der Waals surface area contributed by atoms with Crippen LogP contribution < -0.4 is 11.1 Å². The summed E-state index contributed by atoms with van der Waals surface area (Å²) in [5, 5.41) is 2.87. The maximum Gasteiger partial charge on any atom is 0.241 e. The van der Waals surface area contributed by atoms with E-state index in [2.05, 4.69) is 5.32 Å². The molecular formula is C13H21ClN2O. The van der Waals surface area contributed by atoms with Gasteiger partial charge in [0.2, 0.25) is 5.91 Å². The van der Waals surface area contributed by atoms with Crippen molar-refractivity contribution < 1.29 is 4.79 Å². The maximum atomic E-state index is 11.7. The Morgan fingerprint density at radius 2 is 2.06 bits per heavy atom. The van der Waals surface area contributed by atoms with Gasteiger partial charge in [-0.15, -0.1) is 12.4 Å². The van der Waals surface area contributed by atoms with Crippen LogP contribution in [-0.4, -0.2) is 11.9 Å². The summed E-state index contributed by atoms with van der Waals surface area (Å²) in [6.45, 7) is 5.99. The van der Waals surface area contributed by atoms with E-state index < -0.39 is 6.04 Å². The molecular weight excluding hydrogens is 236 g/mol. The Balaban J connectivity index is 0.00000256. The van der Waals surface area contributed by atoms with Crippen molar-refractivity contribution in [2.45, 2.75) is 39.7 Å². The number of anilines is 1. The van der Waals surface area contributed by atoms with Gasteiger partial charge in [-0.05, 0) is 37.5 Å². The molecule has 0 aromatic heterocycles. The minimum atomic E-state index is -0.412. The number of carbonyl (C=O) groups excluding carboxylic acids is 1. The van der Waals surface area contributed by atoms with E-state index in [0.29, 0.717) is 0 Å². The molecule has 17 heavy (non-hydrogen) atoms. The Hall–Kier alpha value is -1.06. The zero-order valence-electron chi connectivity index (χ0n) is 10.6. The first kappa shape index (κ1) is 15.9. The predicted octanol–water partition coefficient (Wildman–Crippen LogP) is 2.79. The second kappa shape index (κ2) is 7.30. The zero-order valence-corrected chi connectivity index (χ0v) is 11.4. The van der Waals surface area contributed by atoms with Crippen molar-refractivity contribution in [3.63, 3.8) is 0 Å². The number of benzene rings is 1. The summed E-state index contributed by atoms with van der Waals surface area (Å²) >= 11 is 0. The second-order valence-corrected chi connectivity index (χ2v) is 4.20. The highest BCUT2D eigenvalue weighted by Crippen LogP contribution is 2.16. The van der Waals surface area contributed by atoms with E-state index in [1.54, 1.807) is 0 Å². The van der Waals surface area contributed by atoms with Crippen molar-refractivity contribution in [2.24, 2.45) is 5.73 Å². The number of rotatable bonds is 4. The summed E-state index contributed by atoms with van der Waals surface area (Å²) < 4.78 is 0. The van der Waals surface area contributed by atoms with E-state index in [4.69, 9.17) is 5.73 Å². The molecule has 0 radical (unpaired) electrons. The molecule has 1 atom stereocenters. The van der Waals surface area contributed by atoms with Crippen molar-refractivity contribution >= 4 is 24.0 Å². The van der Waals surface area contributed by atoms with Gasteiger partial charge in [0.25, 0.3) is 0 Å². The molecule has 1 aromatic carbocycles. The molecule has 1 amide bonds. The molecule has 0 fully saturated rings. The van der Waals surface area contributed by atoms with Crippen molar-refractivity contribution in [3.8, 4) is 0 Å². The summed E-state index contributed by atoms with van der Waals surface area (Å²) in [4.78, 5) is 11.7. The summed E-state index contributed by atoms with van der Waals surface area (Å²) in [5.41, 5.74) is 8.80. The number of nitrogens with two attached hydrogens (primary N) is 1. The summed E-state index contributed by atoms with van der Waals surface area (Å²) in [6.07, 6.45) is 1.64. The highest BCUT2D eigenvalue weighted by Gasteiger charge is 2.13. The first-order valence-corrected chi connectivity index (χ1v) is 5.68. The first-order valence-electron chi connectivity index (χ1n) is 5.68. The normalized spacial score (nSPS) is 11.5. The Morgan fingerprint density at radius 3 is 2.65 bits per heavy atom. The Bertz CT molecular complexity index is 380. The van der Waals surface area contributed by atoms with Crippen LogP contribution in [0.25, 0.3) is 0 Å². The van der Waals surface area contributed by atoms with E-state index >= 15 is 0 Å². The molecule has 0 aliphatic heterocycles. The first-order chi connectivity index (χ1) is 7.54. The highest BCUT2D eigenvalue weighted by atomic mass is 35.5. The number of hydrogen-bond donors (Lipinski definition) is 2. The lowest BCUT2D eigenvalue weighted by molar-refractivity contribution is -0.117. The monoisotopic (exact) mass is 256 g/mol. The standard InChI is InChI=1S/C13H20N2O.ClH/c1-4-5-11(14)13(16)15-12-8-9(2)6-7-10(12)3;/h6-8,11H,4-5,14H2,1-3H3,(H,15,16);1H. The molecule has 3 N–H and O–H groups in total. The van der Waals surface area contributed by atoms with Gasteiger partial charge in [-0.2, -0.15) is 0 Å². The fourth-order valence-corrected chi connectivity index (χ4v) is 1.54. The second-order valence-electron chi connectivity index (χ2n) is 4.20. The lowest BCUT2D eigenvalue weighted by Gasteiger charge is -2.13. The van der Waals surface area contributed by atoms with Crippen LogP contribution in [-0.2, 0) is 4.79 Å². The van der Waals surface area contributed by atoms with Gasteiger partial charge in [-0.3, -0.25) is 4.79 Å². The highest BCUT2D eigenvalue weighted by molar-refractivity contribution is 5.95. The van der Waals surface area contributed by atoms with Crippen LogP contribution in [0.2, 0.25) is 0 Å². The molecule has 1 unspecified atom stereocenters. The molecule has 4 heteroatoms. The Labute approximate surface area is 109 Å². The van der Waals surface area contributed by atoms with E-state index in [9.17, 15) is 4.79 Å². The van der Waals surface area contributed by atoms with Crippen LogP contribution in [0.3, 0.4) is 0 Å². The quantitative estimate of drug-likeness (QED) is 0.870. The average Bonchev–Trinajstić information content (AvgIpc) is 2.23. The molecule has 0 saturated heterocycles. The summed E-state index contributed by atoms with van der Waals surface area (Å²) in [7, 11) is 0. The van der Waals surface area contributed by atoms with E-state index in [1.165, 1.54) is 0 Å². The largest absolute Gasteiger partial charge is 0.324 e. The molecule has 0 aliphatic rings. The molecule has 96 valence electrons. The molecule has 1 rings (SSSR count). The third-order valence-corrected chi connectivity index (χ3v) is 2.59. The van der Waals surface area contributed by atoms with Crippen LogP contribution in [0.5, 0.6) is 0 Å². The van der Waals surface area contributed by atoms with Crippen molar-refractivity contribution in [1.29, 1.82) is 0 Å². The lowest BCUT2D eigenvalue weighted by atomic mass is 10.1. The molecule has 1 aromatic rings. The minimum Gasteiger partial charge on any atom is -0.324 e. The van der Waals surface area contributed by atoms with Gasteiger partial charge in [0.1, 0.15) is 0 Å². The Morgan fingerprint density at radius 1 is 1.41 bits per heavy atom. The fraction of sp³-hybridized carbons (Fsp3) is 0.462. The SMILES string of the molecule is CCCC(N)C(=O)Nc1cc(C)ccc1C.Cl. The third-order valence-electron chi connectivity index (χ3n) is 2.59. The van der Waals surface area contributed by atoms with Gasteiger partial charge in [0, 0.05) is 5.69 Å². The smallest absolute Gasteiger partial charge is 0.241 e. The van der Waals surface area contributed by atoms with Crippen LogP contribution in [0, 0.1) is 13.8 Å². The van der Waals surface area contributed by atoms with Crippen LogP contribution >= 0.6 is 12.4 Å².